The van der Waals surface area contributed by atoms with Gasteiger partial charge in [0.2, 0.25) is 0 Å². The van der Waals surface area contributed by atoms with Crippen LogP contribution in [0, 0.1) is 0 Å². The molecule has 5 N–H and O–H groups in total. The summed E-state index contributed by atoms with van der Waals surface area (Å²) in [7, 11) is 0. The summed E-state index contributed by atoms with van der Waals surface area (Å²) in [5.74, 6) is 6.34. The van der Waals surface area contributed by atoms with Gasteiger partial charge in [0.1, 0.15) is 18.0 Å². The molecule has 0 saturated carbocycles. The Morgan fingerprint density at radius 2 is 2.00 bits per heavy atom. The number of rotatable bonds is 2. The molecule has 0 bridgehead atoms. The Bertz CT molecular complexity index is 338. The van der Waals surface area contributed by atoms with Gasteiger partial charge in [-0.15, -0.1) is 0 Å². The fraction of sp³-hybridized carbons (Fsp3) is 0.500. The molecule has 0 amide bonds. The second-order valence-electron chi connectivity index (χ2n) is 3.45. The van der Waals surface area contributed by atoms with E-state index in [1.807, 2.05) is 0 Å². The van der Waals surface area contributed by atoms with E-state index in [-0.39, 0.29) is 0 Å². The third-order valence-corrected chi connectivity index (χ3v) is 2.38. The van der Waals surface area contributed by atoms with Gasteiger partial charge in [0.15, 0.2) is 0 Å². The monoisotopic (exact) mass is 211 g/mol. The second kappa shape index (κ2) is 3.97. The highest BCUT2D eigenvalue weighted by Gasteiger charge is 2.30. The van der Waals surface area contributed by atoms with Crippen LogP contribution in [0.4, 0.5) is 11.6 Å². The van der Waals surface area contributed by atoms with Gasteiger partial charge in [0, 0.05) is 19.2 Å². The smallest absolute Gasteiger partial charge is 0.145 e. The summed E-state index contributed by atoms with van der Waals surface area (Å²) in [6.07, 6.45) is -0.0785. The molecule has 2 atom stereocenters. The van der Waals surface area contributed by atoms with Gasteiger partial charge >= 0.3 is 0 Å². The van der Waals surface area contributed by atoms with Gasteiger partial charge in [0.25, 0.3) is 0 Å². The van der Waals surface area contributed by atoms with Gasteiger partial charge in [0.05, 0.1) is 12.2 Å². The molecule has 1 saturated heterocycles. The fourth-order valence-electron chi connectivity index (χ4n) is 1.56. The minimum absolute atomic E-state index is 0.363. The van der Waals surface area contributed by atoms with Crippen molar-refractivity contribution in [1.82, 2.24) is 9.97 Å². The van der Waals surface area contributed by atoms with Crippen molar-refractivity contribution in [2.75, 3.05) is 23.4 Å². The van der Waals surface area contributed by atoms with Gasteiger partial charge in [-0.05, 0) is 0 Å². The average Bonchev–Trinajstić information content (AvgIpc) is 2.59. The first-order valence-electron chi connectivity index (χ1n) is 4.60. The lowest BCUT2D eigenvalue weighted by molar-refractivity contribution is 0.0572. The van der Waals surface area contributed by atoms with Gasteiger partial charge in [-0.2, -0.15) is 0 Å². The minimum Gasteiger partial charge on any atom is -0.389 e. The lowest BCUT2D eigenvalue weighted by Crippen LogP contribution is -2.22. The largest absolute Gasteiger partial charge is 0.389 e. The van der Waals surface area contributed by atoms with E-state index in [9.17, 15) is 10.2 Å². The Labute approximate surface area is 86.5 Å². The van der Waals surface area contributed by atoms with Gasteiger partial charge in [-0.1, -0.05) is 0 Å². The minimum atomic E-state index is -0.728. The molecule has 2 unspecified atom stereocenters. The standard InChI is InChI=1S/C8H13N5O2/c9-12-7-1-8(11-4-10-7)13-2-5(14)6(15)3-13/h1,4-6,14-15H,2-3,9H2,(H,10,11,12). The zero-order valence-corrected chi connectivity index (χ0v) is 8.04. The summed E-state index contributed by atoms with van der Waals surface area (Å²) in [6.45, 7) is 0.727. The molecular formula is C8H13N5O2. The van der Waals surface area contributed by atoms with E-state index in [4.69, 9.17) is 5.84 Å². The van der Waals surface area contributed by atoms with Crippen molar-refractivity contribution >= 4 is 11.6 Å². The van der Waals surface area contributed by atoms with Crippen molar-refractivity contribution in [1.29, 1.82) is 0 Å². The van der Waals surface area contributed by atoms with E-state index < -0.39 is 12.2 Å². The summed E-state index contributed by atoms with van der Waals surface area (Å²) in [6, 6.07) is 1.66. The molecule has 2 rings (SSSR count). The number of aliphatic hydroxyl groups is 2. The summed E-state index contributed by atoms with van der Waals surface area (Å²) in [4.78, 5) is 9.68. The predicted octanol–water partition coefficient (Wildman–Crippen LogP) is -1.70. The molecular weight excluding hydrogens is 198 g/mol. The lowest BCUT2D eigenvalue weighted by atomic mass is 10.3. The average molecular weight is 211 g/mol. The van der Waals surface area contributed by atoms with Crippen LogP contribution in [-0.2, 0) is 0 Å². The number of nitrogens with one attached hydrogen (secondary N) is 1. The first kappa shape index (κ1) is 10.1. The molecule has 1 aliphatic heterocycles. The molecule has 2 heterocycles. The number of hydrogen-bond acceptors (Lipinski definition) is 7. The van der Waals surface area contributed by atoms with Crippen LogP contribution in [-0.4, -0.2) is 45.5 Å². The third kappa shape index (κ3) is 1.99. The summed E-state index contributed by atoms with van der Waals surface area (Å²) in [5.41, 5.74) is 2.41. The van der Waals surface area contributed by atoms with Gasteiger partial charge in [-0.25, -0.2) is 15.8 Å². The molecule has 0 radical (unpaired) electrons. The molecule has 1 aromatic rings. The Balaban J connectivity index is 2.16. The number of hydrazine groups is 1. The van der Waals surface area contributed by atoms with Crippen molar-refractivity contribution in [2.45, 2.75) is 12.2 Å². The number of aliphatic hydroxyl groups excluding tert-OH is 2. The Morgan fingerprint density at radius 3 is 2.60 bits per heavy atom. The van der Waals surface area contributed by atoms with Crippen LogP contribution in [0.15, 0.2) is 12.4 Å². The number of aromatic nitrogens is 2. The van der Waals surface area contributed by atoms with Gasteiger partial charge in [-0.3, -0.25) is 0 Å². The van der Waals surface area contributed by atoms with E-state index in [1.54, 1.807) is 11.0 Å². The van der Waals surface area contributed by atoms with E-state index >= 15 is 0 Å². The fourth-order valence-corrected chi connectivity index (χ4v) is 1.56. The molecule has 1 fully saturated rings. The van der Waals surface area contributed by atoms with Crippen molar-refractivity contribution in [3.8, 4) is 0 Å². The number of nitrogens with two attached hydrogens (primary N) is 1. The maximum Gasteiger partial charge on any atom is 0.145 e. The van der Waals surface area contributed by atoms with Crippen molar-refractivity contribution in [3.63, 3.8) is 0 Å². The number of anilines is 2. The SMILES string of the molecule is NNc1cc(N2CC(O)C(O)C2)ncn1. The van der Waals surface area contributed by atoms with Crippen LogP contribution < -0.4 is 16.2 Å². The number of nitrogen functional groups attached to an aromatic ring is 1. The predicted molar refractivity (Wildman–Crippen MR) is 54.1 cm³/mol. The molecule has 7 heteroatoms. The van der Waals surface area contributed by atoms with Crippen LogP contribution in [0.2, 0.25) is 0 Å². The van der Waals surface area contributed by atoms with Crippen molar-refractivity contribution < 1.29 is 10.2 Å². The first-order chi connectivity index (χ1) is 7.20. The quantitative estimate of drug-likeness (QED) is 0.341. The third-order valence-electron chi connectivity index (χ3n) is 2.38. The molecule has 0 aliphatic carbocycles. The topological polar surface area (TPSA) is 108 Å². The normalized spacial score (nSPS) is 25.7. The highest BCUT2D eigenvalue weighted by atomic mass is 16.3. The molecule has 1 aliphatic rings. The van der Waals surface area contributed by atoms with E-state index in [1.165, 1.54) is 6.33 Å². The Hall–Kier alpha value is -1.44. The Morgan fingerprint density at radius 1 is 1.33 bits per heavy atom. The summed E-state index contributed by atoms with van der Waals surface area (Å²) < 4.78 is 0. The van der Waals surface area contributed by atoms with E-state index in [0.29, 0.717) is 24.7 Å². The van der Waals surface area contributed by atoms with E-state index in [0.717, 1.165) is 0 Å². The Kier molecular flexibility index (Phi) is 2.67. The number of hydrogen-bond donors (Lipinski definition) is 4. The van der Waals surface area contributed by atoms with Crippen molar-refractivity contribution in [3.05, 3.63) is 12.4 Å². The summed E-state index contributed by atoms with van der Waals surface area (Å²) in [5, 5.41) is 18.8. The highest BCUT2D eigenvalue weighted by Crippen LogP contribution is 2.19. The van der Waals surface area contributed by atoms with Crippen LogP contribution in [0.5, 0.6) is 0 Å². The van der Waals surface area contributed by atoms with Crippen LogP contribution in [0.1, 0.15) is 0 Å². The van der Waals surface area contributed by atoms with E-state index in [2.05, 4.69) is 15.4 Å². The molecule has 7 nitrogen and oxygen atoms in total. The zero-order valence-electron chi connectivity index (χ0n) is 8.04. The first-order valence-corrected chi connectivity index (χ1v) is 4.60. The molecule has 0 spiro atoms. The molecule has 15 heavy (non-hydrogen) atoms. The lowest BCUT2D eigenvalue weighted by Gasteiger charge is -2.16. The van der Waals surface area contributed by atoms with Crippen LogP contribution in [0.3, 0.4) is 0 Å². The number of β-amino-alcohol motifs (C(OH)–C–C–N with tert-alkyl or cyclic N) is 2. The molecule has 1 aromatic heterocycles. The molecule has 82 valence electrons. The van der Waals surface area contributed by atoms with Crippen molar-refractivity contribution in [2.24, 2.45) is 5.84 Å². The van der Waals surface area contributed by atoms with Gasteiger partial charge < -0.3 is 20.5 Å². The van der Waals surface area contributed by atoms with Crippen LogP contribution in [0.25, 0.3) is 0 Å². The van der Waals surface area contributed by atoms with Crippen LogP contribution >= 0.6 is 0 Å². The second-order valence-corrected chi connectivity index (χ2v) is 3.45. The zero-order chi connectivity index (χ0) is 10.8. The number of nitrogens with zero attached hydrogens (tertiary/aromatic N) is 3. The summed E-state index contributed by atoms with van der Waals surface area (Å²) >= 11 is 0. The maximum absolute atomic E-state index is 9.38. The molecule has 0 aromatic carbocycles. The highest BCUT2D eigenvalue weighted by molar-refractivity contribution is 5.48. The maximum atomic E-state index is 9.38.